The van der Waals surface area contributed by atoms with Gasteiger partial charge in [-0.1, -0.05) is 12.1 Å². The number of hydrogen-bond donors (Lipinski definition) is 3. The van der Waals surface area contributed by atoms with Gasteiger partial charge in [0.15, 0.2) is 0 Å². The van der Waals surface area contributed by atoms with Gasteiger partial charge in [0, 0.05) is 6.04 Å². The first-order chi connectivity index (χ1) is 9.35. The molecule has 1 aliphatic rings. The predicted octanol–water partition coefficient (Wildman–Crippen LogP) is 0.585. The van der Waals surface area contributed by atoms with Crippen LogP contribution in [0.1, 0.15) is 31.2 Å². The van der Waals surface area contributed by atoms with Gasteiger partial charge in [-0.15, -0.1) is 0 Å². The van der Waals surface area contributed by atoms with E-state index in [2.05, 4.69) is 4.72 Å². The SMILES string of the molecule is COc1cccc(C2(NS(N)(=O)=O)CCC(N)CC2)c1. The van der Waals surface area contributed by atoms with Crippen molar-refractivity contribution in [3.8, 4) is 5.75 Å². The van der Waals surface area contributed by atoms with E-state index >= 15 is 0 Å². The van der Waals surface area contributed by atoms with Crippen molar-refractivity contribution in [3.05, 3.63) is 29.8 Å². The molecule has 0 saturated heterocycles. The second-order valence-electron chi connectivity index (χ2n) is 5.30. The molecule has 1 aliphatic carbocycles. The highest BCUT2D eigenvalue weighted by Gasteiger charge is 2.38. The maximum atomic E-state index is 11.5. The number of ether oxygens (including phenoxy) is 1. The molecule has 112 valence electrons. The number of methoxy groups -OCH3 is 1. The molecule has 0 unspecified atom stereocenters. The minimum absolute atomic E-state index is 0.107. The van der Waals surface area contributed by atoms with Crippen LogP contribution in [0, 0.1) is 0 Å². The van der Waals surface area contributed by atoms with Crippen LogP contribution in [-0.4, -0.2) is 21.6 Å². The molecule has 7 heteroatoms. The van der Waals surface area contributed by atoms with Crippen LogP contribution in [0.25, 0.3) is 0 Å². The number of nitrogens with one attached hydrogen (secondary N) is 1. The molecule has 1 aromatic rings. The number of rotatable bonds is 4. The molecule has 1 fully saturated rings. The molecule has 0 heterocycles. The summed E-state index contributed by atoms with van der Waals surface area (Å²) in [7, 11) is -2.22. The Bertz CT molecular complexity index is 566. The zero-order valence-electron chi connectivity index (χ0n) is 11.5. The van der Waals surface area contributed by atoms with Crippen molar-refractivity contribution < 1.29 is 13.2 Å². The van der Waals surface area contributed by atoms with E-state index in [1.165, 1.54) is 0 Å². The minimum Gasteiger partial charge on any atom is -0.497 e. The lowest BCUT2D eigenvalue weighted by Gasteiger charge is -2.39. The molecule has 5 N–H and O–H groups in total. The van der Waals surface area contributed by atoms with E-state index < -0.39 is 15.7 Å². The van der Waals surface area contributed by atoms with Crippen molar-refractivity contribution in [2.45, 2.75) is 37.3 Å². The Labute approximate surface area is 119 Å². The smallest absolute Gasteiger partial charge is 0.275 e. The number of hydrogen-bond acceptors (Lipinski definition) is 4. The summed E-state index contributed by atoms with van der Waals surface area (Å²) >= 11 is 0. The van der Waals surface area contributed by atoms with Gasteiger partial charge in [0.05, 0.1) is 12.6 Å². The summed E-state index contributed by atoms with van der Waals surface area (Å²) in [6, 6.07) is 7.50. The monoisotopic (exact) mass is 299 g/mol. The summed E-state index contributed by atoms with van der Waals surface area (Å²) in [6.45, 7) is 0. The Morgan fingerprint density at radius 3 is 2.55 bits per heavy atom. The van der Waals surface area contributed by atoms with E-state index in [4.69, 9.17) is 15.6 Å². The molecule has 0 atom stereocenters. The molecule has 1 aromatic carbocycles. The van der Waals surface area contributed by atoms with Crippen LogP contribution < -0.4 is 20.3 Å². The maximum absolute atomic E-state index is 11.5. The lowest BCUT2D eigenvalue weighted by atomic mass is 9.76. The van der Waals surface area contributed by atoms with Crippen molar-refractivity contribution >= 4 is 10.2 Å². The molecule has 2 rings (SSSR count). The molecular formula is C13H21N3O3S. The van der Waals surface area contributed by atoms with E-state index in [9.17, 15) is 8.42 Å². The maximum Gasteiger partial charge on any atom is 0.275 e. The summed E-state index contributed by atoms with van der Waals surface area (Å²) in [6.07, 6.45) is 2.75. The molecule has 0 aliphatic heterocycles. The molecule has 1 saturated carbocycles. The van der Waals surface area contributed by atoms with Crippen molar-refractivity contribution in [1.29, 1.82) is 0 Å². The predicted molar refractivity (Wildman–Crippen MR) is 77.4 cm³/mol. The van der Waals surface area contributed by atoms with Crippen molar-refractivity contribution in [3.63, 3.8) is 0 Å². The van der Waals surface area contributed by atoms with Gasteiger partial charge in [0.1, 0.15) is 5.75 Å². The minimum atomic E-state index is -3.80. The normalized spacial score (nSPS) is 27.2. The molecule has 0 amide bonds. The summed E-state index contributed by atoms with van der Waals surface area (Å²) in [5, 5.41) is 5.19. The third kappa shape index (κ3) is 3.49. The fourth-order valence-electron chi connectivity index (χ4n) is 2.78. The van der Waals surface area contributed by atoms with Gasteiger partial charge in [-0.05, 0) is 43.4 Å². The van der Waals surface area contributed by atoms with Crippen molar-refractivity contribution in [1.82, 2.24) is 4.72 Å². The second-order valence-corrected chi connectivity index (χ2v) is 6.59. The van der Waals surface area contributed by atoms with Crippen LogP contribution in [0.3, 0.4) is 0 Å². The molecule has 0 aromatic heterocycles. The summed E-state index contributed by atoms with van der Waals surface area (Å²) in [4.78, 5) is 0. The van der Waals surface area contributed by atoms with Gasteiger partial charge in [0.25, 0.3) is 10.2 Å². The lowest BCUT2D eigenvalue weighted by Crippen LogP contribution is -2.51. The Morgan fingerprint density at radius 2 is 2.00 bits per heavy atom. The third-order valence-corrected chi connectivity index (χ3v) is 4.52. The zero-order valence-corrected chi connectivity index (χ0v) is 12.3. The molecule has 20 heavy (non-hydrogen) atoms. The van der Waals surface area contributed by atoms with Gasteiger partial charge < -0.3 is 10.5 Å². The van der Waals surface area contributed by atoms with E-state index in [1.807, 2.05) is 24.3 Å². The average molecular weight is 299 g/mol. The van der Waals surface area contributed by atoms with Gasteiger partial charge in [-0.3, -0.25) is 0 Å². The van der Waals surface area contributed by atoms with Crippen LogP contribution in [0.15, 0.2) is 24.3 Å². The summed E-state index contributed by atoms with van der Waals surface area (Å²) in [5.74, 6) is 0.688. The lowest BCUT2D eigenvalue weighted by molar-refractivity contribution is 0.252. The zero-order chi connectivity index (χ0) is 14.8. The standard InChI is InChI=1S/C13H21N3O3S/c1-19-12-4-2-3-10(9-12)13(16-20(15,17)18)7-5-11(14)6-8-13/h2-4,9,11,16H,5-8,14H2,1H3,(H2,15,17,18). The van der Waals surface area contributed by atoms with E-state index in [0.29, 0.717) is 18.6 Å². The Hall–Kier alpha value is -1.15. The van der Waals surface area contributed by atoms with Crippen molar-refractivity contribution in [2.75, 3.05) is 7.11 Å². The van der Waals surface area contributed by atoms with Crippen LogP contribution in [0.5, 0.6) is 5.75 Å². The van der Waals surface area contributed by atoms with Crippen LogP contribution >= 0.6 is 0 Å². The van der Waals surface area contributed by atoms with Gasteiger partial charge in [-0.25, -0.2) is 5.14 Å². The van der Waals surface area contributed by atoms with Gasteiger partial charge in [-0.2, -0.15) is 13.1 Å². The van der Waals surface area contributed by atoms with Crippen LogP contribution in [0.4, 0.5) is 0 Å². The molecule has 0 spiro atoms. The number of nitrogens with two attached hydrogens (primary N) is 2. The topological polar surface area (TPSA) is 107 Å². The first-order valence-electron chi connectivity index (χ1n) is 6.56. The Balaban J connectivity index is 2.40. The summed E-state index contributed by atoms with van der Waals surface area (Å²) in [5.41, 5.74) is 6.08. The molecule has 0 bridgehead atoms. The molecular weight excluding hydrogens is 278 g/mol. The van der Waals surface area contributed by atoms with Gasteiger partial charge in [0.2, 0.25) is 0 Å². The highest BCUT2D eigenvalue weighted by molar-refractivity contribution is 7.87. The fraction of sp³-hybridized carbons (Fsp3) is 0.538. The van der Waals surface area contributed by atoms with Gasteiger partial charge >= 0.3 is 0 Å². The Kier molecular flexibility index (Phi) is 4.33. The summed E-state index contributed by atoms with van der Waals surface area (Å²) < 4.78 is 30.8. The fourth-order valence-corrected chi connectivity index (χ4v) is 3.64. The molecule has 0 radical (unpaired) electrons. The second kappa shape index (κ2) is 5.69. The first-order valence-corrected chi connectivity index (χ1v) is 8.11. The van der Waals surface area contributed by atoms with Crippen molar-refractivity contribution in [2.24, 2.45) is 10.9 Å². The van der Waals surface area contributed by atoms with Crippen LogP contribution in [-0.2, 0) is 15.7 Å². The van der Waals surface area contributed by atoms with Crippen LogP contribution in [0.2, 0.25) is 0 Å². The first kappa shape index (κ1) is 15.2. The largest absolute Gasteiger partial charge is 0.497 e. The third-order valence-electron chi connectivity index (χ3n) is 3.84. The average Bonchev–Trinajstić information content (AvgIpc) is 2.40. The highest BCUT2D eigenvalue weighted by atomic mass is 32.2. The van der Waals surface area contributed by atoms with E-state index in [-0.39, 0.29) is 6.04 Å². The number of benzene rings is 1. The highest BCUT2D eigenvalue weighted by Crippen LogP contribution is 2.38. The van der Waals surface area contributed by atoms with E-state index in [1.54, 1.807) is 7.11 Å². The quantitative estimate of drug-likeness (QED) is 0.756. The molecule has 6 nitrogen and oxygen atoms in total. The Morgan fingerprint density at radius 1 is 1.35 bits per heavy atom. The van der Waals surface area contributed by atoms with E-state index in [0.717, 1.165) is 18.4 Å².